The van der Waals surface area contributed by atoms with Crippen LogP contribution in [0.1, 0.15) is 26.2 Å². The maximum absolute atomic E-state index is 13.0. The van der Waals surface area contributed by atoms with E-state index in [4.69, 9.17) is 0 Å². The molecule has 152 valence electrons. The first-order chi connectivity index (χ1) is 13.2. The Labute approximate surface area is 158 Å². The average Bonchev–Trinajstić information content (AvgIpc) is 2.63. The highest BCUT2D eigenvalue weighted by Crippen LogP contribution is 2.23. The first kappa shape index (κ1) is 21.4. The van der Waals surface area contributed by atoms with Crippen LogP contribution in [-0.2, 0) is 20.9 Å². The van der Waals surface area contributed by atoms with Gasteiger partial charge in [-0.25, -0.2) is 4.98 Å². The number of fused-ring (bicyclic) bond motifs is 1. The van der Waals surface area contributed by atoms with Gasteiger partial charge in [0.25, 0.3) is 5.56 Å². The quantitative estimate of drug-likeness (QED) is 0.687. The van der Waals surface area contributed by atoms with E-state index in [0.717, 1.165) is 0 Å². The van der Waals surface area contributed by atoms with E-state index in [2.05, 4.69) is 9.72 Å². The summed E-state index contributed by atoms with van der Waals surface area (Å²) in [6.45, 7) is 1.55. The van der Waals surface area contributed by atoms with Gasteiger partial charge in [-0.15, -0.1) is 0 Å². The molecule has 28 heavy (non-hydrogen) atoms. The van der Waals surface area contributed by atoms with Gasteiger partial charge < -0.3 is 10.1 Å². The molecule has 2 rings (SSSR count). The molecule has 0 aliphatic heterocycles. The summed E-state index contributed by atoms with van der Waals surface area (Å²) < 4.78 is 44.8. The Morgan fingerprint density at radius 3 is 2.68 bits per heavy atom. The molecule has 0 bridgehead atoms. The van der Waals surface area contributed by atoms with Crippen LogP contribution in [0, 0.1) is 0 Å². The van der Waals surface area contributed by atoms with Crippen LogP contribution in [0.2, 0.25) is 0 Å². The van der Waals surface area contributed by atoms with Gasteiger partial charge in [0.15, 0.2) is 0 Å². The molecule has 1 N–H and O–H groups in total. The summed E-state index contributed by atoms with van der Waals surface area (Å²) in [6, 6.07) is 4.44. The SMILES string of the molecule is CCOC(=O)CC(NC(=O)CCCn1cnc2ccccc2c1=O)C(F)(F)F. The van der Waals surface area contributed by atoms with Crippen molar-refractivity contribution in [2.24, 2.45) is 0 Å². The molecule has 1 aromatic heterocycles. The molecule has 2 aromatic rings. The number of alkyl halides is 3. The van der Waals surface area contributed by atoms with Gasteiger partial charge in [0, 0.05) is 13.0 Å². The number of para-hydroxylation sites is 1. The lowest BCUT2D eigenvalue weighted by Crippen LogP contribution is -2.46. The number of halogens is 3. The van der Waals surface area contributed by atoms with Gasteiger partial charge in [0.2, 0.25) is 5.91 Å². The monoisotopic (exact) mass is 399 g/mol. The van der Waals surface area contributed by atoms with E-state index in [0.29, 0.717) is 10.9 Å². The number of aromatic nitrogens is 2. The first-order valence-corrected chi connectivity index (χ1v) is 8.68. The normalized spacial score (nSPS) is 12.6. The van der Waals surface area contributed by atoms with Gasteiger partial charge in [-0.05, 0) is 25.5 Å². The molecule has 0 saturated heterocycles. The van der Waals surface area contributed by atoms with Gasteiger partial charge >= 0.3 is 12.1 Å². The van der Waals surface area contributed by atoms with Crippen LogP contribution in [-0.4, -0.2) is 40.3 Å². The zero-order valence-electron chi connectivity index (χ0n) is 15.2. The predicted molar refractivity (Wildman–Crippen MR) is 94.5 cm³/mol. The number of amides is 1. The largest absolute Gasteiger partial charge is 0.466 e. The molecule has 0 aliphatic carbocycles. The molecule has 1 heterocycles. The number of nitrogens with zero attached hydrogens (tertiary/aromatic N) is 2. The first-order valence-electron chi connectivity index (χ1n) is 8.68. The van der Waals surface area contributed by atoms with Crippen LogP contribution in [0.15, 0.2) is 35.4 Å². The van der Waals surface area contributed by atoms with E-state index < -0.39 is 30.5 Å². The second-order valence-corrected chi connectivity index (χ2v) is 6.03. The summed E-state index contributed by atoms with van der Waals surface area (Å²) in [4.78, 5) is 39.6. The maximum atomic E-state index is 13.0. The Morgan fingerprint density at radius 2 is 2.00 bits per heavy atom. The molecular weight excluding hydrogens is 379 g/mol. The van der Waals surface area contributed by atoms with Crippen molar-refractivity contribution in [1.29, 1.82) is 0 Å². The molecule has 7 nitrogen and oxygen atoms in total. The minimum Gasteiger partial charge on any atom is -0.466 e. The summed E-state index contributed by atoms with van der Waals surface area (Å²) in [5, 5.41) is 2.23. The Kier molecular flexibility index (Phi) is 7.13. The van der Waals surface area contributed by atoms with Crippen LogP contribution < -0.4 is 10.9 Å². The highest BCUT2D eigenvalue weighted by molar-refractivity contribution is 5.78. The second kappa shape index (κ2) is 9.34. The number of carbonyl (C=O) groups excluding carboxylic acids is 2. The number of esters is 1. The third-order valence-corrected chi connectivity index (χ3v) is 3.94. The van der Waals surface area contributed by atoms with Crippen LogP contribution in [0.25, 0.3) is 10.9 Å². The van der Waals surface area contributed by atoms with Gasteiger partial charge in [0.1, 0.15) is 6.04 Å². The molecule has 1 amide bonds. The number of benzene rings is 1. The standard InChI is InChI=1S/C18H20F3N3O4/c1-2-28-16(26)10-14(18(19,20)21)23-15(25)8-5-9-24-11-22-13-7-4-3-6-12(13)17(24)27/h3-4,6-7,11,14H,2,5,8-10H2,1H3,(H,23,25). The zero-order chi connectivity index (χ0) is 20.7. The summed E-state index contributed by atoms with van der Waals surface area (Å²) in [5.74, 6) is -1.91. The number of nitrogens with one attached hydrogen (secondary N) is 1. The third-order valence-electron chi connectivity index (χ3n) is 3.94. The molecule has 0 fully saturated rings. The molecule has 10 heteroatoms. The number of hydrogen-bond acceptors (Lipinski definition) is 5. The minimum absolute atomic E-state index is 0.0497. The smallest absolute Gasteiger partial charge is 0.409 e. The second-order valence-electron chi connectivity index (χ2n) is 6.03. The maximum Gasteiger partial charge on any atom is 0.409 e. The summed E-state index contributed by atoms with van der Waals surface area (Å²) >= 11 is 0. The van der Waals surface area contributed by atoms with E-state index >= 15 is 0 Å². The molecule has 1 atom stereocenters. The fraction of sp³-hybridized carbons (Fsp3) is 0.444. The number of rotatable bonds is 8. The molecule has 0 spiro atoms. The van der Waals surface area contributed by atoms with Gasteiger partial charge in [-0.3, -0.25) is 19.0 Å². The Hall–Kier alpha value is -2.91. The van der Waals surface area contributed by atoms with Crippen molar-refractivity contribution in [2.75, 3.05) is 6.61 Å². The Balaban J connectivity index is 1.93. The van der Waals surface area contributed by atoms with Crippen molar-refractivity contribution >= 4 is 22.8 Å². The fourth-order valence-electron chi connectivity index (χ4n) is 2.58. The molecule has 0 aliphatic rings. The number of aryl methyl sites for hydroxylation is 1. The van der Waals surface area contributed by atoms with Gasteiger partial charge in [-0.2, -0.15) is 13.2 Å². The summed E-state index contributed by atoms with van der Waals surface area (Å²) in [5.41, 5.74) is 0.245. The van der Waals surface area contributed by atoms with E-state index in [-0.39, 0.29) is 31.6 Å². The van der Waals surface area contributed by atoms with Gasteiger partial charge in [0.05, 0.1) is 30.3 Å². The lowest BCUT2D eigenvalue weighted by Gasteiger charge is -2.20. The Morgan fingerprint density at radius 1 is 1.29 bits per heavy atom. The average molecular weight is 399 g/mol. The van der Waals surface area contributed by atoms with Gasteiger partial charge in [-0.1, -0.05) is 12.1 Å². The molecule has 1 unspecified atom stereocenters. The minimum atomic E-state index is -4.78. The highest BCUT2D eigenvalue weighted by atomic mass is 19.4. The Bertz CT molecular complexity index is 896. The molecule has 0 radical (unpaired) electrons. The van der Waals surface area contributed by atoms with Crippen LogP contribution >= 0.6 is 0 Å². The van der Waals surface area contributed by atoms with Crippen molar-refractivity contribution in [3.8, 4) is 0 Å². The third kappa shape index (κ3) is 5.80. The van der Waals surface area contributed by atoms with E-state index in [1.165, 1.54) is 17.8 Å². The number of carbonyl (C=O) groups is 2. The summed E-state index contributed by atoms with van der Waals surface area (Å²) in [6.07, 6.45) is -4.54. The molecule has 1 aromatic carbocycles. The van der Waals surface area contributed by atoms with Crippen molar-refractivity contribution in [3.05, 3.63) is 40.9 Å². The van der Waals surface area contributed by atoms with E-state index in [1.54, 1.807) is 24.3 Å². The lowest BCUT2D eigenvalue weighted by atomic mass is 10.2. The van der Waals surface area contributed by atoms with Crippen molar-refractivity contribution in [3.63, 3.8) is 0 Å². The topological polar surface area (TPSA) is 90.3 Å². The highest BCUT2D eigenvalue weighted by Gasteiger charge is 2.42. The van der Waals surface area contributed by atoms with Crippen LogP contribution in [0.5, 0.6) is 0 Å². The lowest BCUT2D eigenvalue weighted by molar-refractivity contribution is -0.172. The van der Waals surface area contributed by atoms with Crippen molar-refractivity contribution in [1.82, 2.24) is 14.9 Å². The molecular formula is C18H20F3N3O4. The predicted octanol–water partition coefficient (Wildman–Crippen LogP) is 2.18. The van der Waals surface area contributed by atoms with Crippen LogP contribution in [0.4, 0.5) is 13.2 Å². The van der Waals surface area contributed by atoms with E-state index in [1.807, 2.05) is 5.32 Å². The number of ether oxygens (including phenoxy) is 1. The van der Waals surface area contributed by atoms with Crippen molar-refractivity contribution in [2.45, 2.75) is 44.9 Å². The van der Waals surface area contributed by atoms with Crippen molar-refractivity contribution < 1.29 is 27.5 Å². The van der Waals surface area contributed by atoms with Crippen LogP contribution in [0.3, 0.4) is 0 Å². The zero-order valence-corrected chi connectivity index (χ0v) is 15.2. The summed E-state index contributed by atoms with van der Waals surface area (Å²) in [7, 11) is 0. The molecule has 0 saturated carbocycles. The fourth-order valence-corrected chi connectivity index (χ4v) is 2.58. The number of hydrogen-bond donors (Lipinski definition) is 1. The van der Waals surface area contributed by atoms with E-state index in [9.17, 15) is 27.6 Å².